The number of hydrogen-bond donors (Lipinski definition) is 3. The average molecular weight is 260 g/mol. The van der Waals surface area contributed by atoms with Crippen molar-refractivity contribution in [2.45, 2.75) is 31.4 Å². The second kappa shape index (κ2) is 7.68. The lowest BCUT2D eigenvalue weighted by atomic mass is 10.0. The summed E-state index contributed by atoms with van der Waals surface area (Å²) in [6.07, 6.45) is 1.41. The van der Waals surface area contributed by atoms with Crippen LogP contribution >= 0.6 is 0 Å². The van der Waals surface area contributed by atoms with Crippen LogP contribution in [0, 0.1) is 0 Å². The summed E-state index contributed by atoms with van der Waals surface area (Å²) < 4.78 is 10.0. The molecule has 1 aliphatic rings. The Kier molecular flexibility index (Phi) is 6.56. The topological polar surface area (TPSA) is 79.8 Å². The molecule has 6 nitrogen and oxygen atoms in total. The molecule has 18 heavy (non-hydrogen) atoms. The molecule has 106 valence electrons. The smallest absolute Gasteiger partial charge is 0.236 e. The minimum absolute atomic E-state index is 0.0615. The Bertz CT molecular complexity index is 254. The number of ether oxygens (including phenoxy) is 2. The number of carbonyl (C=O) groups excluding carboxylic acids is 1. The molecule has 2 unspecified atom stereocenters. The van der Waals surface area contributed by atoms with Crippen molar-refractivity contribution >= 4 is 5.91 Å². The summed E-state index contributed by atoms with van der Waals surface area (Å²) in [5.74, 6) is -0.0615. The second-order valence-electron chi connectivity index (χ2n) is 4.77. The van der Waals surface area contributed by atoms with E-state index in [0.717, 1.165) is 6.42 Å². The fraction of sp³-hybridized carbons (Fsp3) is 0.917. The van der Waals surface area contributed by atoms with E-state index in [2.05, 4.69) is 10.6 Å². The van der Waals surface area contributed by atoms with Crippen molar-refractivity contribution in [2.75, 3.05) is 40.0 Å². The summed E-state index contributed by atoms with van der Waals surface area (Å²) in [6, 6.07) is -0.322. The van der Waals surface area contributed by atoms with Crippen molar-refractivity contribution in [3.05, 3.63) is 0 Å². The molecule has 2 atom stereocenters. The third kappa shape index (κ3) is 5.30. The molecule has 3 N–H and O–H groups in total. The Morgan fingerprint density at radius 2 is 2.39 bits per heavy atom. The van der Waals surface area contributed by atoms with E-state index in [0.29, 0.717) is 39.3 Å². The van der Waals surface area contributed by atoms with Crippen molar-refractivity contribution in [2.24, 2.45) is 0 Å². The average Bonchev–Trinajstić information content (AvgIpc) is 2.79. The van der Waals surface area contributed by atoms with Gasteiger partial charge in [0.15, 0.2) is 0 Å². The molecule has 0 aromatic carbocycles. The fourth-order valence-electron chi connectivity index (χ4n) is 1.75. The summed E-state index contributed by atoms with van der Waals surface area (Å²) in [7, 11) is 1.64. The SMILES string of the molecule is COCCCNC(=O)C(C)NCC1(O)CCOC1. The van der Waals surface area contributed by atoms with Crippen LogP contribution in [0.25, 0.3) is 0 Å². The molecule has 1 saturated heterocycles. The first-order valence-corrected chi connectivity index (χ1v) is 6.37. The first kappa shape index (κ1) is 15.4. The minimum atomic E-state index is -0.829. The van der Waals surface area contributed by atoms with Crippen LogP contribution in [-0.2, 0) is 14.3 Å². The minimum Gasteiger partial charge on any atom is -0.386 e. The summed E-state index contributed by atoms with van der Waals surface area (Å²) in [6.45, 7) is 4.31. The summed E-state index contributed by atoms with van der Waals surface area (Å²) in [4.78, 5) is 11.7. The van der Waals surface area contributed by atoms with Crippen LogP contribution in [-0.4, -0.2) is 62.7 Å². The molecule has 0 bridgehead atoms. The normalized spacial score (nSPS) is 25.1. The molecule has 6 heteroatoms. The van der Waals surface area contributed by atoms with Gasteiger partial charge in [-0.25, -0.2) is 0 Å². The Morgan fingerprint density at radius 1 is 1.61 bits per heavy atom. The number of amides is 1. The molecule has 0 radical (unpaired) electrons. The lowest BCUT2D eigenvalue weighted by Crippen LogP contribution is -2.49. The Morgan fingerprint density at radius 3 is 3.00 bits per heavy atom. The van der Waals surface area contributed by atoms with Crippen LogP contribution in [0.4, 0.5) is 0 Å². The highest BCUT2D eigenvalue weighted by Gasteiger charge is 2.32. The van der Waals surface area contributed by atoms with E-state index in [1.807, 2.05) is 0 Å². The third-order valence-corrected chi connectivity index (χ3v) is 3.04. The lowest BCUT2D eigenvalue weighted by molar-refractivity contribution is -0.123. The van der Waals surface area contributed by atoms with Crippen LogP contribution < -0.4 is 10.6 Å². The largest absolute Gasteiger partial charge is 0.386 e. The molecule has 1 fully saturated rings. The third-order valence-electron chi connectivity index (χ3n) is 3.04. The van der Waals surface area contributed by atoms with Crippen molar-refractivity contribution in [3.63, 3.8) is 0 Å². The number of methoxy groups -OCH3 is 1. The quantitative estimate of drug-likeness (QED) is 0.501. The zero-order chi connectivity index (χ0) is 13.4. The Hall–Kier alpha value is -0.690. The molecule has 1 rings (SSSR count). The predicted octanol–water partition coefficient (Wildman–Crippen LogP) is -0.731. The highest BCUT2D eigenvalue weighted by molar-refractivity contribution is 5.81. The van der Waals surface area contributed by atoms with Crippen LogP contribution in [0.15, 0.2) is 0 Å². The first-order chi connectivity index (χ1) is 8.57. The van der Waals surface area contributed by atoms with Crippen LogP contribution in [0.2, 0.25) is 0 Å². The number of carbonyl (C=O) groups is 1. The maximum atomic E-state index is 11.7. The maximum Gasteiger partial charge on any atom is 0.236 e. The molecule has 1 aliphatic heterocycles. The molecular formula is C12H24N2O4. The number of hydrogen-bond acceptors (Lipinski definition) is 5. The molecule has 0 spiro atoms. The van der Waals surface area contributed by atoms with Gasteiger partial charge in [-0.1, -0.05) is 0 Å². The standard InChI is InChI=1S/C12H24N2O4/c1-10(11(15)13-5-3-6-17-2)14-8-12(16)4-7-18-9-12/h10,14,16H,3-9H2,1-2H3,(H,13,15). The van der Waals surface area contributed by atoms with E-state index in [4.69, 9.17) is 9.47 Å². The molecule has 0 aliphatic carbocycles. The van der Waals surface area contributed by atoms with Gasteiger partial charge >= 0.3 is 0 Å². The highest BCUT2D eigenvalue weighted by Crippen LogP contribution is 2.16. The van der Waals surface area contributed by atoms with Gasteiger partial charge in [0.1, 0.15) is 5.60 Å². The Labute approximate surface area is 108 Å². The number of rotatable bonds is 8. The highest BCUT2D eigenvalue weighted by atomic mass is 16.5. The summed E-state index contributed by atoms with van der Waals surface area (Å²) in [5, 5.41) is 15.9. The van der Waals surface area contributed by atoms with Crippen molar-refractivity contribution in [1.82, 2.24) is 10.6 Å². The van der Waals surface area contributed by atoms with Gasteiger partial charge < -0.3 is 25.2 Å². The van der Waals surface area contributed by atoms with Crippen LogP contribution in [0.5, 0.6) is 0 Å². The molecule has 1 amide bonds. The van der Waals surface area contributed by atoms with E-state index in [1.54, 1.807) is 14.0 Å². The van der Waals surface area contributed by atoms with Gasteiger partial charge in [-0.2, -0.15) is 0 Å². The van der Waals surface area contributed by atoms with E-state index < -0.39 is 5.60 Å². The van der Waals surface area contributed by atoms with Gasteiger partial charge in [0.05, 0.1) is 12.6 Å². The lowest BCUT2D eigenvalue weighted by Gasteiger charge is -2.23. The summed E-state index contributed by atoms with van der Waals surface area (Å²) >= 11 is 0. The summed E-state index contributed by atoms with van der Waals surface area (Å²) in [5.41, 5.74) is -0.829. The van der Waals surface area contributed by atoms with E-state index >= 15 is 0 Å². The van der Waals surface area contributed by atoms with E-state index in [-0.39, 0.29) is 11.9 Å². The number of aliphatic hydroxyl groups is 1. The van der Waals surface area contributed by atoms with E-state index in [1.165, 1.54) is 0 Å². The van der Waals surface area contributed by atoms with Gasteiger partial charge in [-0.05, 0) is 13.3 Å². The molecule has 0 aromatic rings. The molecular weight excluding hydrogens is 236 g/mol. The molecule has 0 aromatic heterocycles. The fourth-order valence-corrected chi connectivity index (χ4v) is 1.75. The Balaban J connectivity index is 2.15. The maximum absolute atomic E-state index is 11.7. The zero-order valence-corrected chi connectivity index (χ0v) is 11.2. The monoisotopic (exact) mass is 260 g/mol. The van der Waals surface area contributed by atoms with Crippen molar-refractivity contribution < 1.29 is 19.4 Å². The number of nitrogens with one attached hydrogen (secondary N) is 2. The van der Waals surface area contributed by atoms with Crippen molar-refractivity contribution in [1.29, 1.82) is 0 Å². The van der Waals surface area contributed by atoms with Gasteiger partial charge in [-0.3, -0.25) is 4.79 Å². The van der Waals surface area contributed by atoms with Gasteiger partial charge in [0.25, 0.3) is 0 Å². The van der Waals surface area contributed by atoms with Gasteiger partial charge in [-0.15, -0.1) is 0 Å². The molecule has 0 saturated carbocycles. The van der Waals surface area contributed by atoms with Gasteiger partial charge in [0.2, 0.25) is 5.91 Å². The first-order valence-electron chi connectivity index (χ1n) is 6.37. The second-order valence-corrected chi connectivity index (χ2v) is 4.77. The van der Waals surface area contributed by atoms with Crippen LogP contribution in [0.1, 0.15) is 19.8 Å². The van der Waals surface area contributed by atoms with Crippen molar-refractivity contribution in [3.8, 4) is 0 Å². The van der Waals surface area contributed by atoms with E-state index in [9.17, 15) is 9.90 Å². The van der Waals surface area contributed by atoms with Crippen LogP contribution in [0.3, 0.4) is 0 Å². The molecule has 1 heterocycles. The van der Waals surface area contributed by atoms with Gasteiger partial charge in [0, 0.05) is 39.8 Å². The zero-order valence-electron chi connectivity index (χ0n) is 11.2. The predicted molar refractivity (Wildman–Crippen MR) is 67.4 cm³/mol.